The highest BCUT2D eigenvalue weighted by molar-refractivity contribution is 5.93. The van der Waals surface area contributed by atoms with Gasteiger partial charge in [-0.3, -0.25) is 9.78 Å². The molecule has 2 aromatic rings. The topological polar surface area (TPSA) is 68.3 Å². The van der Waals surface area contributed by atoms with Crippen molar-refractivity contribution in [3.63, 3.8) is 0 Å². The number of hydrogen-bond donors (Lipinski definition) is 1. The maximum absolute atomic E-state index is 11.8. The standard InChI is InChI=1S/C15H14N2O3/c1-20-15(19)12-4-6-13(7-5-12)17-14(18)9-11-3-2-8-16-10-11/h2-8,10H,9H2,1H3,(H,17,18). The van der Waals surface area contributed by atoms with E-state index in [1.807, 2.05) is 6.07 Å². The summed E-state index contributed by atoms with van der Waals surface area (Å²) in [6.45, 7) is 0. The Bertz CT molecular complexity index is 594. The van der Waals surface area contributed by atoms with E-state index in [0.717, 1.165) is 5.56 Å². The molecule has 0 aliphatic rings. The fraction of sp³-hybridized carbons (Fsp3) is 0.133. The molecule has 1 aromatic carbocycles. The molecule has 1 N–H and O–H groups in total. The lowest BCUT2D eigenvalue weighted by Crippen LogP contribution is -2.14. The zero-order valence-electron chi connectivity index (χ0n) is 11.0. The first-order chi connectivity index (χ1) is 9.69. The number of amides is 1. The van der Waals surface area contributed by atoms with Crippen LogP contribution in [0.5, 0.6) is 0 Å². The molecule has 0 bridgehead atoms. The molecule has 5 heteroatoms. The molecular formula is C15H14N2O3. The van der Waals surface area contributed by atoms with Crippen LogP contribution in [-0.4, -0.2) is 24.0 Å². The van der Waals surface area contributed by atoms with Crippen molar-refractivity contribution in [3.05, 3.63) is 59.9 Å². The Morgan fingerprint density at radius 1 is 1.20 bits per heavy atom. The minimum Gasteiger partial charge on any atom is -0.465 e. The predicted octanol–water partition coefficient (Wildman–Crippen LogP) is 2.05. The molecule has 0 fully saturated rings. The number of ether oxygens (including phenoxy) is 1. The molecule has 0 saturated carbocycles. The van der Waals surface area contributed by atoms with Gasteiger partial charge in [-0.15, -0.1) is 0 Å². The van der Waals surface area contributed by atoms with Gasteiger partial charge in [-0.1, -0.05) is 6.07 Å². The molecule has 0 aliphatic heterocycles. The van der Waals surface area contributed by atoms with Crippen LogP contribution < -0.4 is 5.32 Å². The Balaban J connectivity index is 1.96. The largest absolute Gasteiger partial charge is 0.465 e. The Labute approximate surface area is 116 Å². The summed E-state index contributed by atoms with van der Waals surface area (Å²) in [5.41, 5.74) is 1.92. The van der Waals surface area contributed by atoms with Gasteiger partial charge in [0.25, 0.3) is 0 Å². The second kappa shape index (κ2) is 6.47. The van der Waals surface area contributed by atoms with E-state index in [0.29, 0.717) is 11.3 Å². The Morgan fingerprint density at radius 3 is 2.55 bits per heavy atom. The number of esters is 1. The van der Waals surface area contributed by atoms with Crippen molar-refractivity contribution >= 4 is 17.6 Å². The van der Waals surface area contributed by atoms with Gasteiger partial charge in [0, 0.05) is 18.1 Å². The average molecular weight is 270 g/mol. The Kier molecular flexibility index (Phi) is 4.44. The molecule has 0 unspecified atom stereocenters. The van der Waals surface area contributed by atoms with Crippen LogP contribution in [0, 0.1) is 0 Å². The summed E-state index contributed by atoms with van der Waals surface area (Å²) in [5, 5.41) is 2.76. The summed E-state index contributed by atoms with van der Waals surface area (Å²) < 4.78 is 4.60. The van der Waals surface area contributed by atoms with E-state index in [1.54, 1.807) is 42.7 Å². The molecule has 0 radical (unpaired) electrons. The first-order valence-electron chi connectivity index (χ1n) is 6.06. The Hall–Kier alpha value is -2.69. The highest BCUT2D eigenvalue weighted by atomic mass is 16.5. The van der Waals surface area contributed by atoms with Crippen LogP contribution in [0.4, 0.5) is 5.69 Å². The van der Waals surface area contributed by atoms with Gasteiger partial charge in [-0.25, -0.2) is 4.79 Å². The Morgan fingerprint density at radius 2 is 1.95 bits per heavy atom. The highest BCUT2D eigenvalue weighted by Gasteiger charge is 2.07. The maximum atomic E-state index is 11.8. The van der Waals surface area contributed by atoms with Gasteiger partial charge >= 0.3 is 5.97 Å². The molecule has 1 heterocycles. The van der Waals surface area contributed by atoms with E-state index < -0.39 is 5.97 Å². The van der Waals surface area contributed by atoms with Crippen LogP contribution in [0.15, 0.2) is 48.8 Å². The third-order valence-corrected chi connectivity index (χ3v) is 2.68. The van der Waals surface area contributed by atoms with E-state index in [4.69, 9.17) is 0 Å². The summed E-state index contributed by atoms with van der Waals surface area (Å²) >= 11 is 0. The van der Waals surface area contributed by atoms with Gasteiger partial charge in [0.1, 0.15) is 0 Å². The van der Waals surface area contributed by atoms with E-state index in [1.165, 1.54) is 7.11 Å². The number of benzene rings is 1. The summed E-state index contributed by atoms with van der Waals surface area (Å²) in [7, 11) is 1.33. The van der Waals surface area contributed by atoms with E-state index >= 15 is 0 Å². The zero-order chi connectivity index (χ0) is 14.4. The fourth-order valence-corrected chi connectivity index (χ4v) is 1.70. The highest BCUT2D eigenvalue weighted by Crippen LogP contribution is 2.11. The number of nitrogens with one attached hydrogen (secondary N) is 1. The van der Waals surface area contributed by atoms with E-state index in [9.17, 15) is 9.59 Å². The molecule has 5 nitrogen and oxygen atoms in total. The molecule has 1 amide bonds. The fourth-order valence-electron chi connectivity index (χ4n) is 1.70. The lowest BCUT2D eigenvalue weighted by Gasteiger charge is -2.06. The second-order valence-corrected chi connectivity index (χ2v) is 4.16. The number of hydrogen-bond acceptors (Lipinski definition) is 4. The third kappa shape index (κ3) is 3.65. The van der Waals surface area contributed by atoms with Crippen LogP contribution in [-0.2, 0) is 16.0 Å². The third-order valence-electron chi connectivity index (χ3n) is 2.68. The smallest absolute Gasteiger partial charge is 0.337 e. The predicted molar refractivity (Wildman–Crippen MR) is 74.4 cm³/mol. The molecule has 0 atom stereocenters. The average Bonchev–Trinajstić information content (AvgIpc) is 2.48. The molecule has 20 heavy (non-hydrogen) atoms. The van der Waals surface area contributed by atoms with Crippen LogP contribution in [0.2, 0.25) is 0 Å². The summed E-state index contributed by atoms with van der Waals surface area (Å²) in [6, 6.07) is 10.2. The molecular weight excluding hydrogens is 256 g/mol. The summed E-state index contributed by atoms with van der Waals surface area (Å²) in [5.74, 6) is -0.540. The van der Waals surface area contributed by atoms with Crippen LogP contribution in [0.25, 0.3) is 0 Å². The molecule has 0 aliphatic carbocycles. The van der Waals surface area contributed by atoms with Crippen LogP contribution >= 0.6 is 0 Å². The number of carbonyl (C=O) groups excluding carboxylic acids is 2. The number of methoxy groups -OCH3 is 1. The number of aromatic nitrogens is 1. The van der Waals surface area contributed by atoms with E-state index in [2.05, 4.69) is 15.0 Å². The normalized spacial score (nSPS) is 9.85. The van der Waals surface area contributed by atoms with Crippen molar-refractivity contribution in [3.8, 4) is 0 Å². The number of nitrogens with zero attached hydrogens (tertiary/aromatic N) is 1. The lowest BCUT2D eigenvalue weighted by molar-refractivity contribution is -0.115. The zero-order valence-corrected chi connectivity index (χ0v) is 11.0. The van der Waals surface area contributed by atoms with Crippen molar-refractivity contribution in [1.29, 1.82) is 0 Å². The van der Waals surface area contributed by atoms with Crippen LogP contribution in [0.3, 0.4) is 0 Å². The molecule has 1 aromatic heterocycles. The maximum Gasteiger partial charge on any atom is 0.337 e. The SMILES string of the molecule is COC(=O)c1ccc(NC(=O)Cc2cccnc2)cc1. The lowest BCUT2D eigenvalue weighted by atomic mass is 10.2. The van der Waals surface area contributed by atoms with Gasteiger partial charge < -0.3 is 10.1 Å². The number of rotatable bonds is 4. The molecule has 0 spiro atoms. The van der Waals surface area contributed by atoms with Gasteiger partial charge in [-0.2, -0.15) is 0 Å². The summed E-state index contributed by atoms with van der Waals surface area (Å²) in [4.78, 5) is 27.1. The van der Waals surface area contributed by atoms with Crippen molar-refractivity contribution < 1.29 is 14.3 Å². The van der Waals surface area contributed by atoms with Gasteiger partial charge in [0.15, 0.2) is 0 Å². The van der Waals surface area contributed by atoms with Crippen molar-refractivity contribution in [2.24, 2.45) is 0 Å². The van der Waals surface area contributed by atoms with Crippen molar-refractivity contribution in [1.82, 2.24) is 4.98 Å². The number of anilines is 1. The summed E-state index contributed by atoms with van der Waals surface area (Å²) in [6.07, 6.45) is 3.57. The molecule has 0 saturated heterocycles. The number of pyridine rings is 1. The molecule has 102 valence electrons. The molecule has 2 rings (SSSR count). The second-order valence-electron chi connectivity index (χ2n) is 4.16. The van der Waals surface area contributed by atoms with Crippen molar-refractivity contribution in [2.45, 2.75) is 6.42 Å². The monoisotopic (exact) mass is 270 g/mol. The minimum absolute atomic E-state index is 0.135. The number of carbonyl (C=O) groups is 2. The van der Waals surface area contributed by atoms with Crippen LogP contribution in [0.1, 0.15) is 15.9 Å². The quantitative estimate of drug-likeness (QED) is 0.863. The van der Waals surface area contributed by atoms with Crippen molar-refractivity contribution in [2.75, 3.05) is 12.4 Å². The van der Waals surface area contributed by atoms with Gasteiger partial charge in [0.05, 0.1) is 19.1 Å². The van der Waals surface area contributed by atoms with Gasteiger partial charge in [0.2, 0.25) is 5.91 Å². The van der Waals surface area contributed by atoms with E-state index in [-0.39, 0.29) is 12.3 Å². The van der Waals surface area contributed by atoms with Gasteiger partial charge in [-0.05, 0) is 35.9 Å². The minimum atomic E-state index is -0.404. The first kappa shape index (κ1) is 13.7. The first-order valence-corrected chi connectivity index (χ1v) is 6.06.